The molecule has 0 heterocycles. The van der Waals surface area contributed by atoms with Crippen molar-refractivity contribution in [2.24, 2.45) is 5.73 Å². The van der Waals surface area contributed by atoms with Crippen molar-refractivity contribution < 1.29 is 9.47 Å². The lowest BCUT2D eigenvalue weighted by Crippen LogP contribution is -2.02. The Kier molecular flexibility index (Phi) is 6.89. The van der Waals surface area contributed by atoms with Crippen LogP contribution in [0, 0.1) is 0 Å². The van der Waals surface area contributed by atoms with Gasteiger partial charge in [-0.1, -0.05) is 13.0 Å². The van der Waals surface area contributed by atoms with Gasteiger partial charge in [0.2, 0.25) is 0 Å². The zero-order valence-electron chi connectivity index (χ0n) is 10.6. The van der Waals surface area contributed by atoms with Gasteiger partial charge in [-0.2, -0.15) is 11.8 Å². The van der Waals surface area contributed by atoms with Crippen molar-refractivity contribution in [2.75, 3.05) is 25.2 Å². The van der Waals surface area contributed by atoms with Crippen molar-refractivity contribution in [1.82, 2.24) is 0 Å². The van der Waals surface area contributed by atoms with Crippen molar-refractivity contribution in [3.8, 4) is 11.5 Å². The summed E-state index contributed by atoms with van der Waals surface area (Å²) < 4.78 is 11.0. The Labute approximate surface area is 108 Å². The number of hydrogen-bond acceptors (Lipinski definition) is 4. The van der Waals surface area contributed by atoms with E-state index in [1.807, 2.05) is 30.0 Å². The Hall–Kier alpha value is -0.870. The van der Waals surface area contributed by atoms with Crippen molar-refractivity contribution >= 4 is 11.8 Å². The quantitative estimate of drug-likeness (QED) is 0.725. The summed E-state index contributed by atoms with van der Waals surface area (Å²) in [5.74, 6) is 3.86. The standard InChI is InChI=1S/C13H21NO2S/c1-3-17-8-4-7-16-12-6-5-11(10-14)9-13(12)15-2/h5-6,9H,3-4,7-8,10,14H2,1-2H3. The van der Waals surface area contributed by atoms with Crippen LogP contribution in [0.15, 0.2) is 18.2 Å². The van der Waals surface area contributed by atoms with Crippen LogP contribution < -0.4 is 15.2 Å². The summed E-state index contributed by atoms with van der Waals surface area (Å²) >= 11 is 1.93. The predicted octanol–water partition coefficient (Wildman–Crippen LogP) is 2.68. The molecule has 0 amide bonds. The maximum absolute atomic E-state index is 5.69. The maximum atomic E-state index is 5.69. The monoisotopic (exact) mass is 255 g/mol. The van der Waals surface area contributed by atoms with E-state index in [9.17, 15) is 0 Å². The minimum atomic E-state index is 0.518. The lowest BCUT2D eigenvalue weighted by Gasteiger charge is -2.11. The van der Waals surface area contributed by atoms with Crippen LogP contribution in [0.25, 0.3) is 0 Å². The van der Waals surface area contributed by atoms with E-state index in [2.05, 4.69) is 6.92 Å². The van der Waals surface area contributed by atoms with Crippen LogP contribution in [0.2, 0.25) is 0 Å². The number of hydrogen-bond donors (Lipinski definition) is 1. The molecule has 0 aliphatic heterocycles. The van der Waals surface area contributed by atoms with Gasteiger partial charge in [-0.3, -0.25) is 0 Å². The minimum Gasteiger partial charge on any atom is -0.493 e. The summed E-state index contributed by atoms with van der Waals surface area (Å²) in [6.45, 7) is 3.41. The first-order chi connectivity index (χ1) is 8.31. The van der Waals surface area contributed by atoms with Crippen LogP contribution >= 0.6 is 11.8 Å². The number of nitrogens with two attached hydrogens (primary N) is 1. The van der Waals surface area contributed by atoms with Gasteiger partial charge in [0.05, 0.1) is 13.7 Å². The summed E-state index contributed by atoms with van der Waals surface area (Å²) in [6, 6.07) is 5.82. The number of rotatable bonds is 8. The highest BCUT2D eigenvalue weighted by Gasteiger charge is 2.04. The Bertz CT molecular complexity index is 331. The molecule has 17 heavy (non-hydrogen) atoms. The lowest BCUT2D eigenvalue weighted by atomic mass is 10.2. The smallest absolute Gasteiger partial charge is 0.161 e. The molecule has 1 aromatic carbocycles. The molecule has 0 unspecified atom stereocenters. The van der Waals surface area contributed by atoms with Crippen molar-refractivity contribution in [3.63, 3.8) is 0 Å². The molecule has 0 saturated heterocycles. The fourth-order valence-corrected chi connectivity index (χ4v) is 2.06. The SMILES string of the molecule is CCSCCCOc1ccc(CN)cc1OC. The van der Waals surface area contributed by atoms with Crippen molar-refractivity contribution in [3.05, 3.63) is 23.8 Å². The first kappa shape index (κ1) is 14.2. The van der Waals surface area contributed by atoms with E-state index >= 15 is 0 Å². The van der Waals surface area contributed by atoms with Gasteiger partial charge in [0.1, 0.15) is 0 Å². The van der Waals surface area contributed by atoms with Gasteiger partial charge in [0.25, 0.3) is 0 Å². The highest BCUT2D eigenvalue weighted by atomic mass is 32.2. The lowest BCUT2D eigenvalue weighted by molar-refractivity contribution is 0.295. The summed E-state index contributed by atoms with van der Waals surface area (Å²) in [5, 5.41) is 0. The van der Waals surface area contributed by atoms with Crippen LogP contribution in [0.4, 0.5) is 0 Å². The van der Waals surface area contributed by atoms with Gasteiger partial charge >= 0.3 is 0 Å². The third-order valence-electron chi connectivity index (χ3n) is 2.36. The van der Waals surface area contributed by atoms with E-state index in [1.54, 1.807) is 7.11 Å². The normalized spacial score (nSPS) is 10.3. The van der Waals surface area contributed by atoms with Gasteiger partial charge in [-0.25, -0.2) is 0 Å². The Morgan fingerprint density at radius 3 is 2.76 bits per heavy atom. The average Bonchev–Trinajstić information content (AvgIpc) is 2.38. The van der Waals surface area contributed by atoms with E-state index in [1.165, 1.54) is 0 Å². The highest BCUT2D eigenvalue weighted by molar-refractivity contribution is 7.99. The first-order valence-corrected chi connectivity index (χ1v) is 7.04. The van der Waals surface area contributed by atoms with Gasteiger partial charge in [0.15, 0.2) is 11.5 Å². The second kappa shape index (κ2) is 8.25. The highest BCUT2D eigenvalue weighted by Crippen LogP contribution is 2.28. The van der Waals surface area contributed by atoms with Crippen LogP contribution in [0.1, 0.15) is 18.9 Å². The molecule has 0 bridgehead atoms. The Morgan fingerprint density at radius 1 is 1.29 bits per heavy atom. The molecule has 0 atom stereocenters. The van der Waals surface area contributed by atoms with Gasteiger partial charge in [0, 0.05) is 6.54 Å². The molecule has 0 fully saturated rings. The molecular weight excluding hydrogens is 234 g/mol. The fourth-order valence-electron chi connectivity index (χ4n) is 1.45. The molecule has 0 radical (unpaired) electrons. The van der Waals surface area contributed by atoms with Crippen molar-refractivity contribution in [1.29, 1.82) is 0 Å². The van der Waals surface area contributed by atoms with Gasteiger partial charge in [-0.05, 0) is 35.6 Å². The predicted molar refractivity (Wildman–Crippen MR) is 74.0 cm³/mol. The molecule has 0 saturated carbocycles. The second-order valence-electron chi connectivity index (χ2n) is 3.59. The van der Waals surface area contributed by atoms with Crippen LogP contribution in [0.3, 0.4) is 0 Å². The zero-order valence-corrected chi connectivity index (χ0v) is 11.4. The third kappa shape index (κ3) is 4.88. The molecule has 2 N–H and O–H groups in total. The van der Waals surface area contributed by atoms with E-state index in [4.69, 9.17) is 15.2 Å². The van der Waals surface area contributed by atoms with E-state index < -0.39 is 0 Å². The Morgan fingerprint density at radius 2 is 2.12 bits per heavy atom. The van der Waals surface area contributed by atoms with E-state index in [-0.39, 0.29) is 0 Å². The van der Waals surface area contributed by atoms with Crippen LogP contribution in [-0.2, 0) is 6.54 Å². The molecule has 3 nitrogen and oxygen atoms in total. The minimum absolute atomic E-state index is 0.518. The molecule has 96 valence electrons. The van der Waals surface area contributed by atoms with Crippen LogP contribution in [0.5, 0.6) is 11.5 Å². The summed E-state index contributed by atoms with van der Waals surface area (Å²) in [4.78, 5) is 0. The van der Waals surface area contributed by atoms with Gasteiger partial charge in [-0.15, -0.1) is 0 Å². The maximum Gasteiger partial charge on any atom is 0.161 e. The Balaban J connectivity index is 2.46. The van der Waals surface area contributed by atoms with Gasteiger partial charge < -0.3 is 15.2 Å². The zero-order chi connectivity index (χ0) is 12.5. The number of ether oxygens (including phenoxy) is 2. The van der Waals surface area contributed by atoms with Crippen LogP contribution in [-0.4, -0.2) is 25.2 Å². The molecule has 1 aromatic rings. The summed E-state index contributed by atoms with van der Waals surface area (Å²) in [6.07, 6.45) is 1.06. The van der Waals surface area contributed by atoms with Crippen molar-refractivity contribution in [2.45, 2.75) is 19.9 Å². The van der Waals surface area contributed by atoms with E-state index in [0.717, 1.165) is 41.6 Å². The fraction of sp³-hybridized carbons (Fsp3) is 0.538. The molecular formula is C13H21NO2S. The average molecular weight is 255 g/mol. The molecule has 0 spiro atoms. The number of methoxy groups -OCH3 is 1. The molecule has 0 aliphatic rings. The molecule has 0 aliphatic carbocycles. The third-order valence-corrected chi connectivity index (χ3v) is 3.34. The second-order valence-corrected chi connectivity index (χ2v) is 4.98. The largest absolute Gasteiger partial charge is 0.493 e. The van der Waals surface area contributed by atoms with E-state index in [0.29, 0.717) is 6.54 Å². The topological polar surface area (TPSA) is 44.5 Å². The molecule has 4 heteroatoms. The summed E-state index contributed by atoms with van der Waals surface area (Å²) in [5.41, 5.74) is 6.63. The molecule has 0 aromatic heterocycles. The first-order valence-electron chi connectivity index (χ1n) is 5.89. The number of benzene rings is 1. The molecule has 1 rings (SSSR count). The summed E-state index contributed by atoms with van der Waals surface area (Å²) in [7, 11) is 1.65. The number of thioether (sulfide) groups is 1.